The maximum Gasteiger partial charge on any atom is 0.306 e. The minimum Gasteiger partial charge on any atom is -0.469 e. The van der Waals surface area contributed by atoms with E-state index in [0.29, 0.717) is 25.8 Å². The average molecular weight is 272 g/mol. The van der Waals surface area contributed by atoms with E-state index in [-0.39, 0.29) is 18.5 Å². The second-order valence-electron chi connectivity index (χ2n) is 4.73. The largest absolute Gasteiger partial charge is 0.469 e. The molecule has 6 heteroatoms. The molecule has 1 aliphatic rings. The van der Waals surface area contributed by atoms with Crippen LogP contribution < -0.4 is 0 Å². The molecule has 0 spiro atoms. The second kappa shape index (κ2) is 8.87. The molecule has 0 atom stereocenters. The van der Waals surface area contributed by atoms with Crippen LogP contribution in [-0.2, 0) is 14.3 Å². The summed E-state index contributed by atoms with van der Waals surface area (Å²) >= 11 is 0. The van der Waals surface area contributed by atoms with Crippen molar-refractivity contribution in [3.05, 3.63) is 0 Å². The first-order valence-electron chi connectivity index (χ1n) is 6.85. The number of piperazine rings is 1. The van der Waals surface area contributed by atoms with Crippen LogP contribution in [0.1, 0.15) is 25.7 Å². The van der Waals surface area contributed by atoms with Crippen LogP contribution in [0, 0.1) is 0 Å². The van der Waals surface area contributed by atoms with Gasteiger partial charge in [0.05, 0.1) is 13.5 Å². The summed E-state index contributed by atoms with van der Waals surface area (Å²) in [6.45, 7) is 3.90. The van der Waals surface area contributed by atoms with Crippen molar-refractivity contribution in [2.75, 3.05) is 46.4 Å². The molecule has 19 heavy (non-hydrogen) atoms. The Balaban J connectivity index is 2.17. The van der Waals surface area contributed by atoms with Gasteiger partial charge in [0.15, 0.2) is 0 Å². The van der Waals surface area contributed by atoms with Gasteiger partial charge >= 0.3 is 5.97 Å². The maximum atomic E-state index is 11.8. The SMILES string of the molecule is COC(=O)CCN1CCN(C(=O)CCCCO)CC1. The van der Waals surface area contributed by atoms with E-state index in [1.165, 1.54) is 7.11 Å². The summed E-state index contributed by atoms with van der Waals surface area (Å²) in [5.74, 6) is -0.0245. The van der Waals surface area contributed by atoms with Crippen molar-refractivity contribution < 1.29 is 19.4 Å². The molecule has 0 unspecified atom stereocenters. The number of hydrogen-bond acceptors (Lipinski definition) is 5. The molecule has 1 aliphatic heterocycles. The minimum atomic E-state index is -0.192. The molecule has 0 aliphatic carbocycles. The molecule has 1 fully saturated rings. The Labute approximate surface area is 114 Å². The summed E-state index contributed by atoms with van der Waals surface area (Å²) < 4.78 is 4.60. The number of aliphatic hydroxyl groups is 1. The third-order valence-corrected chi connectivity index (χ3v) is 3.38. The molecule has 1 heterocycles. The van der Waals surface area contributed by atoms with Gasteiger partial charge in [0.25, 0.3) is 0 Å². The van der Waals surface area contributed by atoms with Gasteiger partial charge in [-0.05, 0) is 12.8 Å². The molecule has 0 aromatic heterocycles. The third-order valence-electron chi connectivity index (χ3n) is 3.38. The van der Waals surface area contributed by atoms with E-state index in [9.17, 15) is 9.59 Å². The molecule has 1 N–H and O–H groups in total. The minimum absolute atomic E-state index is 0.147. The van der Waals surface area contributed by atoms with Crippen molar-refractivity contribution in [3.8, 4) is 0 Å². The topological polar surface area (TPSA) is 70.1 Å². The molecule has 1 amide bonds. The number of amides is 1. The van der Waals surface area contributed by atoms with Crippen LogP contribution in [-0.4, -0.2) is 73.2 Å². The highest BCUT2D eigenvalue weighted by atomic mass is 16.5. The van der Waals surface area contributed by atoms with Gasteiger partial charge in [-0.15, -0.1) is 0 Å². The molecule has 0 aromatic rings. The lowest BCUT2D eigenvalue weighted by molar-refractivity contribution is -0.141. The van der Waals surface area contributed by atoms with Gasteiger partial charge in [0, 0.05) is 45.8 Å². The predicted molar refractivity (Wildman–Crippen MR) is 70.6 cm³/mol. The van der Waals surface area contributed by atoms with Crippen LogP contribution in [0.5, 0.6) is 0 Å². The lowest BCUT2D eigenvalue weighted by atomic mass is 10.2. The van der Waals surface area contributed by atoms with Gasteiger partial charge < -0.3 is 14.7 Å². The first-order chi connectivity index (χ1) is 9.17. The average Bonchev–Trinajstić information content (AvgIpc) is 2.45. The Morgan fingerprint density at radius 3 is 2.37 bits per heavy atom. The van der Waals surface area contributed by atoms with Crippen LogP contribution in [0.4, 0.5) is 0 Å². The second-order valence-corrected chi connectivity index (χ2v) is 4.73. The van der Waals surface area contributed by atoms with Gasteiger partial charge in [-0.3, -0.25) is 14.5 Å². The molecule has 1 rings (SSSR count). The molecule has 1 saturated heterocycles. The molecule has 6 nitrogen and oxygen atoms in total. The van der Waals surface area contributed by atoms with Gasteiger partial charge in [-0.1, -0.05) is 0 Å². The summed E-state index contributed by atoms with van der Waals surface area (Å²) in [6, 6.07) is 0. The Morgan fingerprint density at radius 2 is 1.79 bits per heavy atom. The van der Waals surface area contributed by atoms with E-state index < -0.39 is 0 Å². The Bertz CT molecular complexity index is 288. The molecule has 0 bridgehead atoms. The van der Waals surface area contributed by atoms with E-state index in [2.05, 4.69) is 9.64 Å². The van der Waals surface area contributed by atoms with Crippen LogP contribution in [0.3, 0.4) is 0 Å². The van der Waals surface area contributed by atoms with Gasteiger partial charge in [-0.25, -0.2) is 0 Å². The summed E-state index contributed by atoms with van der Waals surface area (Å²) in [7, 11) is 1.39. The highest BCUT2D eigenvalue weighted by molar-refractivity contribution is 5.76. The normalized spacial score (nSPS) is 16.4. The van der Waals surface area contributed by atoms with E-state index in [1.54, 1.807) is 0 Å². The van der Waals surface area contributed by atoms with Gasteiger partial charge in [0.1, 0.15) is 0 Å². The molecule has 0 radical (unpaired) electrons. The Morgan fingerprint density at radius 1 is 1.11 bits per heavy atom. The number of unbranched alkanes of at least 4 members (excludes halogenated alkanes) is 1. The van der Waals surface area contributed by atoms with Crippen LogP contribution in [0.15, 0.2) is 0 Å². The fraction of sp³-hybridized carbons (Fsp3) is 0.846. The number of rotatable bonds is 7. The fourth-order valence-electron chi connectivity index (χ4n) is 2.12. The number of hydrogen-bond donors (Lipinski definition) is 1. The van der Waals surface area contributed by atoms with Crippen molar-refractivity contribution in [1.82, 2.24) is 9.80 Å². The number of esters is 1. The number of nitrogens with zero attached hydrogens (tertiary/aromatic N) is 2. The first kappa shape index (κ1) is 15.9. The van der Waals surface area contributed by atoms with Crippen molar-refractivity contribution in [2.45, 2.75) is 25.7 Å². The van der Waals surface area contributed by atoms with Crippen molar-refractivity contribution in [1.29, 1.82) is 0 Å². The lowest BCUT2D eigenvalue weighted by Gasteiger charge is -2.34. The zero-order chi connectivity index (χ0) is 14.1. The molecular formula is C13H24N2O4. The van der Waals surface area contributed by atoms with E-state index in [1.807, 2.05) is 4.90 Å². The zero-order valence-corrected chi connectivity index (χ0v) is 11.6. The Hall–Kier alpha value is -1.14. The molecule has 0 saturated carbocycles. The first-order valence-corrected chi connectivity index (χ1v) is 6.85. The van der Waals surface area contributed by atoms with Gasteiger partial charge in [0.2, 0.25) is 5.91 Å². The monoisotopic (exact) mass is 272 g/mol. The van der Waals surface area contributed by atoms with E-state index >= 15 is 0 Å². The predicted octanol–water partition coefficient (Wildman–Crippen LogP) is -0.144. The Kier molecular flexibility index (Phi) is 7.43. The quantitative estimate of drug-likeness (QED) is 0.516. The summed E-state index contributed by atoms with van der Waals surface area (Å²) in [5.41, 5.74) is 0. The lowest BCUT2D eigenvalue weighted by Crippen LogP contribution is -2.49. The smallest absolute Gasteiger partial charge is 0.306 e. The van der Waals surface area contributed by atoms with Crippen LogP contribution in [0.2, 0.25) is 0 Å². The highest BCUT2D eigenvalue weighted by Crippen LogP contribution is 2.07. The van der Waals surface area contributed by atoms with Gasteiger partial charge in [-0.2, -0.15) is 0 Å². The van der Waals surface area contributed by atoms with Crippen molar-refractivity contribution >= 4 is 11.9 Å². The van der Waals surface area contributed by atoms with E-state index in [4.69, 9.17) is 5.11 Å². The molecule has 0 aromatic carbocycles. The van der Waals surface area contributed by atoms with Crippen LogP contribution >= 0.6 is 0 Å². The fourth-order valence-corrected chi connectivity index (χ4v) is 2.12. The van der Waals surface area contributed by atoms with E-state index in [0.717, 1.165) is 32.6 Å². The van der Waals surface area contributed by atoms with Crippen molar-refractivity contribution in [2.24, 2.45) is 0 Å². The summed E-state index contributed by atoms with van der Waals surface area (Å²) in [6.07, 6.45) is 2.35. The number of carbonyl (C=O) groups excluding carboxylic acids is 2. The maximum absolute atomic E-state index is 11.8. The molecule has 110 valence electrons. The number of aliphatic hydroxyl groups excluding tert-OH is 1. The summed E-state index contributed by atoms with van der Waals surface area (Å²) in [5, 5.41) is 8.68. The zero-order valence-electron chi connectivity index (χ0n) is 11.6. The number of ether oxygens (including phenoxy) is 1. The number of carbonyl (C=O) groups is 2. The van der Waals surface area contributed by atoms with Crippen LogP contribution in [0.25, 0.3) is 0 Å². The molecular weight excluding hydrogens is 248 g/mol. The highest BCUT2D eigenvalue weighted by Gasteiger charge is 2.20. The summed E-state index contributed by atoms with van der Waals surface area (Å²) in [4.78, 5) is 26.9. The third kappa shape index (κ3) is 6.02. The standard InChI is InChI=1S/C13H24N2O4/c1-19-13(18)5-6-14-7-9-15(10-8-14)12(17)4-2-3-11-16/h16H,2-11H2,1H3. The van der Waals surface area contributed by atoms with Crippen molar-refractivity contribution in [3.63, 3.8) is 0 Å². The number of methoxy groups -OCH3 is 1.